The average molecular weight is 385 g/mol. The number of benzene rings is 1. The molecule has 26 heavy (non-hydrogen) atoms. The van der Waals surface area contributed by atoms with E-state index in [1.54, 1.807) is 6.92 Å². The molecule has 140 valence electrons. The molecule has 0 spiro atoms. The number of carbonyl (C=O) groups excluding carboxylic acids is 1. The largest absolute Gasteiger partial charge is 0.453 e. The zero-order chi connectivity index (χ0) is 18.9. The molecule has 10 heteroatoms. The summed E-state index contributed by atoms with van der Waals surface area (Å²) in [5.41, 5.74) is 2.30. The number of nitrogens with zero attached hydrogens (tertiary/aromatic N) is 3. The van der Waals surface area contributed by atoms with E-state index >= 15 is 0 Å². The molecular weight excluding hydrogens is 367 g/mol. The molecule has 1 amide bonds. The van der Waals surface area contributed by atoms with Crippen molar-refractivity contribution in [3.8, 4) is 0 Å². The quantitative estimate of drug-likeness (QED) is 0.624. The standard InChI is InChI=1S/C16H18F3N5OS/c1-9(26-15-23-22-14(24(15)20)16(17,18)19)13(25)21-12-8-4-6-10-5-2-3-7-11(10)12/h2-3,5,7,9,12H,4,6,8,20H2,1H3,(H,21,25)/t9-,12-/m0/s1. The van der Waals surface area contributed by atoms with Crippen LogP contribution in [0.25, 0.3) is 0 Å². The second-order valence-corrected chi connectivity index (χ2v) is 7.39. The Balaban J connectivity index is 1.67. The van der Waals surface area contributed by atoms with Gasteiger partial charge in [0.2, 0.25) is 11.1 Å². The maximum absolute atomic E-state index is 12.7. The molecule has 1 heterocycles. The van der Waals surface area contributed by atoms with E-state index in [1.807, 2.05) is 24.3 Å². The van der Waals surface area contributed by atoms with Crippen molar-refractivity contribution in [1.82, 2.24) is 20.2 Å². The first-order valence-electron chi connectivity index (χ1n) is 8.10. The van der Waals surface area contributed by atoms with Crippen LogP contribution in [0.2, 0.25) is 0 Å². The molecule has 6 nitrogen and oxygen atoms in total. The summed E-state index contributed by atoms with van der Waals surface area (Å²) in [7, 11) is 0. The van der Waals surface area contributed by atoms with E-state index in [2.05, 4.69) is 15.5 Å². The van der Waals surface area contributed by atoms with E-state index in [0.29, 0.717) is 4.68 Å². The van der Waals surface area contributed by atoms with Crippen molar-refractivity contribution in [2.24, 2.45) is 0 Å². The molecule has 3 rings (SSSR count). The molecule has 0 aliphatic heterocycles. The molecule has 1 aromatic heterocycles. The highest BCUT2D eigenvalue weighted by Crippen LogP contribution is 2.32. The molecule has 1 aliphatic rings. The van der Waals surface area contributed by atoms with Gasteiger partial charge >= 0.3 is 6.18 Å². The lowest BCUT2D eigenvalue weighted by Crippen LogP contribution is -2.36. The first kappa shape index (κ1) is 18.6. The molecule has 2 aromatic rings. The Labute approximate surface area is 152 Å². The first-order chi connectivity index (χ1) is 12.3. The number of rotatable bonds is 4. The van der Waals surface area contributed by atoms with Gasteiger partial charge in [0, 0.05) is 0 Å². The Morgan fingerprint density at radius 2 is 2.12 bits per heavy atom. The second-order valence-electron chi connectivity index (χ2n) is 6.09. The molecule has 1 aromatic carbocycles. The third kappa shape index (κ3) is 3.79. The number of halogens is 3. The van der Waals surface area contributed by atoms with Crippen LogP contribution in [-0.2, 0) is 17.4 Å². The highest BCUT2D eigenvalue weighted by Gasteiger charge is 2.38. The fraction of sp³-hybridized carbons (Fsp3) is 0.438. The van der Waals surface area contributed by atoms with Gasteiger partial charge in [-0.25, -0.2) is 4.68 Å². The first-order valence-corrected chi connectivity index (χ1v) is 8.98. The molecule has 0 radical (unpaired) electrons. The Hall–Kier alpha value is -2.23. The second kappa shape index (κ2) is 7.18. The number of hydrogen-bond donors (Lipinski definition) is 2. The van der Waals surface area contributed by atoms with Gasteiger partial charge in [-0.05, 0) is 37.3 Å². The van der Waals surface area contributed by atoms with Crippen molar-refractivity contribution in [3.05, 3.63) is 41.2 Å². The Morgan fingerprint density at radius 1 is 1.38 bits per heavy atom. The number of fused-ring (bicyclic) bond motifs is 1. The number of aryl methyl sites for hydroxylation is 1. The number of nitrogen functional groups attached to an aromatic ring is 1. The van der Waals surface area contributed by atoms with Crippen LogP contribution in [0, 0.1) is 0 Å². The summed E-state index contributed by atoms with van der Waals surface area (Å²) in [5, 5.41) is 8.63. The average Bonchev–Trinajstić information content (AvgIpc) is 2.96. The van der Waals surface area contributed by atoms with Crippen molar-refractivity contribution in [2.45, 2.75) is 48.8 Å². The fourth-order valence-electron chi connectivity index (χ4n) is 2.96. The van der Waals surface area contributed by atoms with Crippen molar-refractivity contribution in [1.29, 1.82) is 0 Å². The normalized spacial score (nSPS) is 18.2. The monoisotopic (exact) mass is 385 g/mol. The number of nitrogens with two attached hydrogens (primary N) is 1. The predicted molar refractivity (Wildman–Crippen MR) is 90.8 cm³/mol. The van der Waals surface area contributed by atoms with Crippen LogP contribution < -0.4 is 11.2 Å². The Morgan fingerprint density at radius 3 is 2.81 bits per heavy atom. The van der Waals surface area contributed by atoms with Crippen LogP contribution in [0.4, 0.5) is 13.2 Å². The summed E-state index contributed by atoms with van der Waals surface area (Å²) in [4.78, 5) is 12.5. The molecule has 1 aliphatic carbocycles. The third-order valence-corrected chi connectivity index (χ3v) is 5.31. The maximum atomic E-state index is 12.7. The van der Waals surface area contributed by atoms with E-state index < -0.39 is 17.3 Å². The Kier molecular flexibility index (Phi) is 5.12. The summed E-state index contributed by atoms with van der Waals surface area (Å²) in [6, 6.07) is 7.83. The molecule has 0 bridgehead atoms. The number of hydrogen-bond acceptors (Lipinski definition) is 5. The van der Waals surface area contributed by atoms with Gasteiger partial charge in [0.05, 0.1) is 11.3 Å². The number of nitrogens with one attached hydrogen (secondary N) is 1. The Bertz CT molecular complexity index is 807. The predicted octanol–water partition coefficient (Wildman–Crippen LogP) is 2.69. The minimum absolute atomic E-state index is 0.100. The lowest BCUT2D eigenvalue weighted by atomic mass is 9.88. The third-order valence-electron chi connectivity index (χ3n) is 4.26. The molecule has 0 fully saturated rings. The van der Waals surface area contributed by atoms with Gasteiger partial charge in [-0.1, -0.05) is 36.0 Å². The van der Waals surface area contributed by atoms with Crippen LogP contribution in [0.1, 0.15) is 42.8 Å². The van der Waals surface area contributed by atoms with Gasteiger partial charge in [0.1, 0.15) is 0 Å². The van der Waals surface area contributed by atoms with Gasteiger partial charge in [-0.2, -0.15) is 13.2 Å². The molecular formula is C16H18F3N5OS. The molecule has 0 unspecified atom stereocenters. The summed E-state index contributed by atoms with van der Waals surface area (Å²) in [6.45, 7) is 1.59. The molecule has 3 N–H and O–H groups in total. The van der Waals surface area contributed by atoms with E-state index in [4.69, 9.17) is 5.84 Å². The zero-order valence-corrected chi connectivity index (χ0v) is 14.8. The molecule has 0 saturated carbocycles. The fourth-order valence-corrected chi connectivity index (χ4v) is 3.73. The van der Waals surface area contributed by atoms with Gasteiger partial charge < -0.3 is 11.2 Å². The SMILES string of the molecule is C[C@H](Sc1nnc(C(F)(F)F)n1N)C(=O)N[C@H]1CCCc2ccccc21. The number of thioether (sulfide) groups is 1. The summed E-state index contributed by atoms with van der Waals surface area (Å²) in [6.07, 6.45) is -1.93. The van der Waals surface area contributed by atoms with Gasteiger partial charge in [0.15, 0.2) is 0 Å². The number of carbonyl (C=O) groups is 1. The number of alkyl halides is 3. The van der Waals surface area contributed by atoms with Gasteiger partial charge in [-0.15, -0.1) is 10.2 Å². The van der Waals surface area contributed by atoms with Crippen molar-refractivity contribution in [2.75, 3.05) is 5.84 Å². The zero-order valence-electron chi connectivity index (χ0n) is 14.0. The number of amides is 1. The van der Waals surface area contributed by atoms with Crippen LogP contribution >= 0.6 is 11.8 Å². The molecule has 2 atom stereocenters. The number of aromatic nitrogens is 3. The van der Waals surface area contributed by atoms with E-state index in [1.165, 1.54) is 5.56 Å². The van der Waals surface area contributed by atoms with Crippen molar-refractivity contribution < 1.29 is 18.0 Å². The van der Waals surface area contributed by atoms with Gasteiger partial charge in [0.25, 0.3) is 5.82 Å². The highest BCUT2D eigenvalue weighted by atomic mass is 32.2. The van der Waals surface area contributed by atoms with E-state index in [-0.39, 0.29) is 17.1 Å². The summed E-state index contributed by atoms with van der Waals surface area (Å²) >= 11 is 0.837. The van der Waals surface area contributed by atoms with E-state index in [9.17, 15) is 18.0 Å². The van der Waals surface area contributed by atoms with Crippen LogP contribution in [0.5, 0.6) is 0 Å². The summed E-state index contributed by atoms with van der Waals surface area (Å²) < 4.78 is 38.5. The lowest BCUT2D eigenvalue weighted by Gasteiger charge is -2.27. The van der Waals surface area contributed by atoms with Crippen LogP contribution in [0.3, 0.4) is 0 Å². The van der Waals surface area contributed by atoms with Gasteiger partial charge in [-0.3, -0.25) is 4.79 Å². The highest BCUT2D eigenvalue weighted by molar-refractivity contribution is 8.00. The topological polar surface area (TPSA) is 85.8 Å². The van der Waals surface area contributed by atoms with Crippen molar-refractivity contribution in [3.63, 3.8) is 0 Å². The minimum atomic E-state index is -4.70. The maximum Gasteiger partial charge on any atom is 0.453 e. The van der Waals surface area contributed by atoms with Crippen LogP contribution in [0.15, 0.2) is 29.4 Å². The van der Waals surface area contributed by atoms with E-state index in [0.717, 1.165) is 36.6 Å². The minimum Gasteiger partial charge on any atom is -0.348 e. The lowest BCUT2D eigenvalue weighted by molar-refractivity contribution is -0.146. The molecule has 0 saturated heterocycles. The smallest absolute Gasteiger partial charge is 0.348 e. The van der Waals surface area contributed by atoms with Crippen molar-refractivity contribution >= 4 is 17.7 Å². The van der Waals surface area contributed by atoms with Crippen LogP contribution in [-0.4, -0.2) is 26.0 Å². The summed E-state index contributed by atoms with van der Waals surface area (Å²) in [5.74, 6) is 3.82.